The second-order valence-corrected chi connectivity index (χ2v) is 4.76. The van der Waals surface area contributed by atoms with Crippen LogP contribution in [0.1, 0.15) is 15.9 Å². The summed E-state index contributed by atoms with van der Waals surface area (Å²) in [7, 11) is 0. The van der Waals surface area contributed by atoms with Crippen LogP contribution in [-0.4, -0.2) is 32.1 Å². The van der Waals surface area contributed by atoms with E-state index in [1.165, 1.54) is 0 Å². The fraction of sp³-hybridized carbons (Fsp3) is 0.312. The van der Waals surface area contributed by atoms with Gasteiger partial charge in [0.05, 0.1) is 18.8 Å². The molecular formula is C16H16O4. The molecule has 1 heterocycles. The molecule has 0 spiro atoms. The summed E-state index contributed by atoms with van der Waals surface area (Å²) < 4.78 is 15.9. The van der Waals surface area contributed by atoms with E-state index in [-0.39, 0.29) is 12.6 Å². The van der Waals surface area contributed by atoms with Crippen molar-refractivity contribution in [2.24, 2.45) is 0 Å². The number of carbonyl (C=O) groups is 1. The molecule has 1 unspecified atom stereocenters. The van der Waals surface area contributed by atoms with Crippen molar-refractivity contribution in [1.82, 2.24) is 0 Å². The monoisotopic (exact) mass is 272 g/mol. The van der Waals surface area contributed by atoms with Crippen molar-refractivity contribution < 1.29 is 19.0 Å². The standard InChI is InChI=1S/C16H16O4/c1-11-6-7-14(13-5-3-2-4-12(11)13)16(17)20-15-10-18-8-9-19-15/h2-7,15H,8-10H2,1H3. The van der Waals surface area contributed by atoms with Gasteiger partial charge in [0.15, 0.2) is 0 Å². The summed E-state index contributed by atoms with van der Waals surface area (Å²) in [6.07, 6.45) is -0.615. The van der Waals surface area contributed by atoms with E-state index >= 15 is 0 Å². The Morgan fingerprint density at radius 3 is 2.70 bits per heavy atom. The number of fused-ring (bicyclic) bond motifs is 1. The SMILES string of the molecule is Cc1ccc(C(=O)OC2COCCO2)c2ccccc12. The molecule has 0 amide bonds. The molecular weight excluding hydrogens is 256 g/mol. The number of rotatable bonds is 2. The molecule has 4 nitrogen and oxygen atoms in total. The topological polar surface area (TPSA) is 44.8 Å². The van der Waals surface area contributed by atoms with Crippen LogP contribution in [0.3, 0.4) is 0 Å². The number of benzene rings is 2. The van der Waals surface area contributed by atoms with Gasteiger partial charge in [-0.05, 0) is 29.3 Å². The lowest BCUT2D eigenvalue weighted by molar-refractivity contribution is -0.186. The number of hydrogen-bond acceptors (Lipinski definition) is 4. The summed E-state index contributed by atoms with van der Waals surface area (Å²) >= 11 is 0. The van der Waals surface area contributed by atoms with E-state index in [4.69, 9.17) is 14.2 Å². The highest BCUT2D eigenvalue weighted by Crippen LogP contribution is 2.23. The van der Waals surface area contributed by atoms with E-state index in [1.807, 2.05) is 37.3 Å². The summed E-state index contributed by atoms with van der Waals surface area (Å²) in [5.41, 5.74) is 1.69. The molecule has 0 aliphatic carbocycles. The van der Waals surface area contributed by atoms with Crippen molar-refractivity contribution in [2.45, 2.75) is 13.2 Å². The van der Waals surface area contributed by atoms with Gasteiger partial charge in [-0.25, -0.2) is 4.79 Å². The second-order valence-electron chi connectivity index (χ2n) is 4.76. The van der Waals surface area contributed by atoms with Crippen molar-refractivity contribution in [3.8, 4) is 0 Å². The highest BCUT2D eigenvalue weighted by molar-refractivity contribution is 6.05. The van der Waals surface area contributed by atoms with Gasteiger partial charge in [0.2, 0.25) is 6.29 Å². The fourth-order valence-electron chi connectivity index (χ4n) is 2.34. The normalized spacial score (nSPS) is 18.9. The number of aryl methyl sites for hydroxylation is 1. The quantitative estimate of drug-likeness (QED) is 0.788. The Morgan fingerprint density at radius 2 is 1.95 bits per heavy atom. The predicted octanol–water partition coefficient (Wildman–Crippen LogP) is 2.68. The van der Waals surface area contributed by atoms with Gasteiger partial charge in [-0.3, -0.25) is 0 Å². The lowest BCUT2D eigenvalue weighted by Crippen LogP contribution is -2.32. The molecule has 3 rings (SSSR count). The maximum Gasteiger partial charge on any atom is 0.341 e. The molecule has 0 N–H and O–H groups in total. The van der Waals surface area contributed by atoms with Gasteiger partial charge in [0.25, 0.3) is 0 Å². The van der Waals surface area contributed by atoms with E-state index < -0.39 is 6.29 Å². The first-order chi connectivity index (χ1) is 9.75. The van der Waals surface area contributed by atoms with Gasteiger partial charge in [-0.15, -0.1) is 0 Å². The van der Waals surface area contributed by atoms with Crippen LogP contribution in [0.25, 0.3) is 10.8 Å². The molecule has 0 radical (unpaired) electrons. The molecule has 0 saturated carbocycles. The number of hydrogen-bond donors (Lipinski definition) is 0. The van der Waals surface area contributed by atoms with E-state index in [0.717, 1.165) is 16.3 Å². The minimum atomic E-state index is -0.615. The van der Waals surface area contributed by atoms with E-state index in [2.05, 4.69) is 0 Å². The Kier molecular flexibility index (Phi) is 3.67. The van der Waals surface area contributed by atoms with Gasteiger partial charge >= 0.3 is 5.97 Å². The minimum absolute atomic E-state index is 0.287. The zero-order valence-corrected chi connectivity index (χ0v) is 11.3. The largest absolute Gasteiger partial charge is 0.430 e. The fourth-order valence-corrected chi connectivity index (χ4v) is 2.34. The van der Waals surface area contributed by atoms with Crippen LogP contribution in [0.15, 0.2) is 36.4 Å². The second kappa shape index (κ2) is 5.61. The van der Waals surface area contributed by atoms with Crippen LogP contribution >= 0.6 is 0 Å². The van der Waals surface area contributed by atoms with E-state index in [9.17, 15) is 4.79 Å². The van der Waals surface area contributed by atoms with Crippen LogP contribution in [0.2, 0.25) is 0 Å². The van der Waals surface area contributed by atoms with E-state index in [1.54, 1.807) is 6.07 Å². The van der Waals surface area contributed by atoms with E-state index in [0.29, 0.717) is 18.8 Å². The van der Waals surface area contributed by atoms with Crippen LogP contribution in [0.5, 0.6) is 0 Å². The molecule has 1 aliphatic rings. The first-order valence-corrected chi connectivity index (χ1v) is 6.64. The maximum absolute atomic E-state index is 12.3. The Morgan fingerprint density at radius 1 is 1.15 bits per heavy atom. The smallest absolute Gasteiger partial charge is 0.341 e. The number of ether oxygens (including phenoxy) is 3. The van der Waals surface area contributed by atoms with Crippen LogP contribution in [0, 0.1) is 6.92 Å². The third-order valence-electron chi connectivity index (χ3n) is 3.39. The lowest BCUT2D eigenvalue weighted by Gasteiger charge is -2.23. The molecule has 1 fully saturated rings. The Bertz CT molecular complexity index is 629. The summed E-state index contributed by atoms with van der Waals surface area (Å²) in [6, 6.07) is 11.5. The molecule has 4 heteroatoms. The highest BCUT2D eigenvalue weighted by Gasteiger charge is 2.21. The van der Waals surface area contributed by atoms with Gasteiger partial charge in [0, 0.05) is 0 Å². The average Bonchev–Trinajstić information content (AvgIpc) is 2.49. The summed E-state index contributed by atoms with van der Waals surface area (Å²) in [4.78, 5) is 12.3. The zero-order chi connectivity index (χ0) is 13.9. The van der Waals surface area contributed by atoms with Crippen LogP contribution in [0.4, 0.5) is 0 Å². The van der Waals surface area contributed by atoms with Crippen molar-refractivity contribution in [3.05, 3.63) is 47.5 Å². The van der Waals surface area contributed by atoms with Gasteiger partial charge in [-0.2, -0.15) is 0 Å². The molecule has 0 bridgehead atoms. The van der Waals surface area contributed by atoms with Gasteiger partial charge in [-0.1, -0.05) is 30.3 Å². The third-order valence-corrected chi connectivity index (χ3v) is 3.39. The van der Waals surface area contributed by atoms with Crippen LogP contribution < -0.4 is 0 Å². The van der Waals surface area contributed by atoms with Crippen LogP contribution in [-0.2, 0) is 14.2 Å². The first-order valence-electron chi connectivity index (χ1n) is 6.64. The van der Waals surface area contributed by atoms with Crippen molar-refractivity contribution >= 4 is 16.7 Å². The number of carbonyl (C=O) groups excluding carboxylic acids is 1. The zero-order valence-electron chi connectivity index (χ0n) is 11.3. The predicted molar refractivity (Wildman–Crippen MR) is 74.7 cm³/mol. The molecule has 2 aromatic carbocycles. The third kappa shape index (κ3) is 2.53. The van der Waals surface area contributed by atoms with Gasteiger partial charge in [0.1, 0.15) is 6.61 Å². The molecule has 20 heavy (non-hydrogen) atoms. The molecule has 1 atom stereocenters. The van der Waals surface area contributed by atoms with Gasteiger partial charge < -0.3 is 14.2 Å². The first kappa shape index (κ1) is 13.1. The molecule has 0 aromatic heterocycles. The summed E-state index contributed by atoms with van der Waals surface area (Å²) in [6.45, 7) is 3.30. The van der Waals surface area contributed by atoms with Crippen molar-refractivity contribution in [2.75, 3.05) is 19.8 Å². The van der Waals surface area contributed by atoms with Crippen molar-refractivity contribution in [3.63, 3.8) is 0 Å². The summed E-state index contributed by atoms with van der Waals surface area (Å²) in [5.74, 6) is -0.378. The maximum atomic E-state index is 12.3. The molecule has 1 saturated heterocycles. The van der Waals surface area contributed by atoms with Crippen molar-refractivity contribution in [1.29, 1.82) is 0 Å². The Balaban J connectivity index is 1.89. The number of esters is 1. The minimum Gasteiger partial charge on any atom is -0.430 e. The Labute approximate surface area is 117 Å². The lowest BCUT2D eigenvalue weighted by atomic mass is 10.0. The molecule has 104 valence electrons. The Hall–Kier alpha value is -1.91. The molecule has 2 aromatic rings. The summed E-state index contributed by atoms with van der Waals surface area (Å²) in [5, 5.41) is 1.96. The average molecular weight is 272 g/mol. The molecule has 1 aliphatic heterocycles. The highest BCUT2D eigenvalue weighted by atomic mass is 16.7.